The number of hydrogen-bond acceptors (Lipinski definition) is 11. The minimum absolute atomic E-state index is 0. The Kier molecular flexibility index (Phi) is 25.0. The monoisotopic (exact) mass is 2130 g/mol. The van der Waals surface area contributed by atoms with Gasteiger partial charge >= 0.3 is 63.2 Å². The summed E-state index contributed by atoms with van der Waals surface area (Å²) in [5, 5.41) is 6.42. The molecule has 120 heavy (non-hydrogen) atoms. The average molecular weight is 2130 g/mol. The molecule has 6 aromatic heterocycles. The van der Waals surface area contributed by atoms with Gasteiger partial charge in [0.05, 0.1) is 5.03 Å². The molecule has 0 aliphatic carbocycles. The Morgan fingerprint density at radius 1 is 0.292 bits per heavy atom. The molecule has 10 nitrogen and oxygen atoms in total. The van der Waals surface area contributed by atoms with Crippen molar-refractivity contribution >= 4 is 92.0 Å². The van der Waals surface area contributed by atoms with E-state index >= 15 is 0 Å². The molecule has 0 bridgehead atoms. The van der Waals surface area contributed by atoms with Crippen molar-refractivity contribution < 1.29 is 67.9 Å². The van der Waals surface area contributed by atoms with Gasteiger partial charge in [-0.25, -0.2) is 9.97 Å². The Labute approximate surface area is 751 Å². The molecule has 0 atom stereocenters. The molecule has 0 fully saturated rings. The van der Waals surface area contributed by atoms with Crippen LogP contribution >= 0.6 is 11.8 Å². The summed E-state index contributed by atoms with van der Waals surface area (Å²) in [6.45, 7) is 13.7. The third kappa shape index (κ3) is 16.1. The molecule has 0 radical (unpaired) electrons. The quantitative estimate of drug-likeness (QED) is 0.0769. The summed E-state index contributed by atoms with van der Waals surface area (Å²) in [5.74, 6) is 1.00. The third-order valence-corrected chi connectivity index (χ3v) is 27.7. The van der Waals surface area contributed by atoms with Gasteiger partial charge in [0.15, 0.2) is 0 Å². The Hall–Kier alpha value is -11.8. The number of pyridine rings is 6. The SMILES string of the molecule is CC1(C)c2ccc(-c3cccc(Oc4ccccn4)n3)[c-]c2N(c2[c-]cccc2)c2ccccc21.CC1(C)c2ccc(-c3cccc(Sc4ccccn4)n3)[c-]c2N(c2[c-]cccc2)c2ccccc21.CC1(C)c2ccc(-c3cccc([Si](c4ccccc4)(c4ccccc4)c4ccccn4)n3)[c-]c2N(c2[c-]cccc2)c2ccccc21.[Pt+2].[Pt+2].[Pt+2]. The summed E-state index contributed by atoms with van der Waals surface area (Å²) in [6, 6.07) is 143. The minimum Gasteiger partial charge on any atom is -0.422 e. The number of para-hydroxylation sites is 6. The maximum Gasteiger partial charge on any atom is 2.00 e. The first-order valence-electron chi connectivity index (χ1n) is 39.2. The van der Waals surface area contributed by atoms with Crippen LogP contribution in [0.2, 0.25) is 0 Å². The summed E-state index contributed by atoms with van der Waals surface area (Å²) < 4.78 is 5.87. The van der Waals surface area contributed by atoms with Crippen LogP contribution in [0.4, 0.5) is 51.2 Å². The zero-order chi connectivity index (χ0) is 79.5. The Morgan fingerprint density at radius 3 is 1.08 bits per heavy atom. The van der Waals surface area contributed by atoms with Gasteiger partial charge < -0.3 is 24.4 Å². The summed E-state index contributed by atoms with van der Waals surface area (Å²) in [4.78, 5) is 35.7. The Morgan fingerprint density at radius 2 is 0.658 bits per heavy atom. The Balaban J connectivity index is 0.000000141. The van der Waals surface area contributed by atoms with E-state index in [-0.39, 0.29) is 79.4 Å². The van der Waals surface area contributed by atoms with Crippen LogP contribution in [0.3, 0.4) is 0 Å². The number of rotatable bonds is 14. The van der Waals surface area contributed by atoms with Crippen LogP contribution in [0.15, 0.2) is 380 Å². The van der Waals surface area contributed by atoms with E-state index < -0.39 is 8.07 Å². The number of anilines is 9. The smallest absolute Gasteiger partial charge is 0.422 e. The summed E-state index contributed by atoms with van der Waals surface area (Å²) in [5.41, 5.74) is 21.8. The van der Waals surface area contributed by atoms with Crippen LogP contribution in [0.5, 0.6) is 11.8 Å². The number of fused-ring (bicyclic) bond motifs is 6. The molecule has 17 aromatic rings. The van der Waals surface area contributed by atoms with Gasteiger partial charge in [0, 0.05) is 52.4 Å². The first-order valence-corrected chi connectivity index (χ1v) is 42.0. The van der Waals surface area contributed by atoms with Crippen LogP contribution < -0.4 is 40.4 Å². The Bertz CT molecular complexity index is 6080. The van der Waals surface area contributed by atoms with E-state index in [1.54, 1.807) is 24.2 Å². The molecule has 15 heteroatoms. The average Bonchev–Trinajstić information content (AvgIpc) is 0.715. The zero-order valence-electron chi connectivity index (χ0n) is 66.5. The third-order valence-electron chi connectivity index (χ3n) is 22.3. The van der Waals surface area contributed by atoms with Gasteiger partial charge in [-0.15, -0.1) is 89.5 Å². The van der Waals surface area contributed by atoms with Crippen LogP contribution in [0, 0.1) is 36.4 Å². The van der Waals surface area contributed by atoms with Crippen molar-refractivity contribution in [3.63, 3.8) is 0 Å². The van der Waals surface area contributed by atoms with E-state index in [1.165, 1.54) is 43.8 Å². The zero-order valence-corrected chi connectivity index (χ0v) is 75.1. The molecule has 0 saturated carbocycles. The normalized spacial score (nSPS) is 13.2. The number of hydrogen-bond donors (Lipinski definition) is 0. The summed E-state index contributed by atoms with van der Waals surface area (Å²) >= 11 is 1.56. The predicted molar refractivity (Wildman–Crippen MR) is 477 cm³/mol. The standard InChI is InChI=1S/C43H33N3Si.C31H23N3O.C31H23N3S.3Pt/c1-43(2)36-23-12-13-25-39(36)46(33-17-6-3-7-18-33)40-31-32(28-29-37(40)43)38-24-16-27-42(45-38)47(34-19-8-4-9-20-34,35-21-10-5-11-22-35)41-26-14-15-30-44-41;2*1-31(2)24-13-6-7-15-27(24)34(23-11-4-3-5-12-23)28-21-22(18-19-25(28)31)26-14-10-17-30(33-26)35-29-16-8-9-20-32-29;;;/h3-17,19-30H,1-2H3;2*3-11,13-20H,1-2H3;;;/q3*-2;3*+2. The number of aromatic nitrogens is 6. The number of nitrogens with zero attached hydrogens (tertiary/aromatic N) is 9. The molecule has 3 aliphatic heterocycles. The van der Waals surface area contributed by atoms with E-state index in [9.17, 15) is 0 Å². The molecule has 0 N–H and O–H groups in total. The molecule has 0 amide bonds. The van der Waals surface area contributed by atoms with Crippen molar-refractivity contribution in [3.8, 4) is 45.5 Å². The van der Waals surface area contributed by atoms with Gasteiger partial charge in [0.1, 0.15) is 5.03 Å². The molecule has 11 aromatic carbocycles. The first-order chi connectivity index (χ1) is 57.3. The van der Waals surface area contributed by atoms with Gasteiger partial charge in [0.2, 0.25) is 19.8 Å². The molecule has 0 saturated heterocycles. The first kappa shape index (κ1) is 83.2. The second kappa shape index (κ2) is 36.0. The van der Waals surface area contributed by atoms with Crippen LogP contribution in [-0.2, 0) is 79.4 Å². The largest absolute Gasteiger partial charge is 2.00 e. The van der Waals surface area contributed by atoms with Gasteiger partial charge in [-0.1, -0.05) is 257 Å². The number of benzene rings is 11. The molecule has 0 spiro atoms. The van der Waals surface area contributed by atoms with Gasteiger partial charge in [0.25, 0.3) is 0 Å². The minimum atomic E-state index is -2.88. The predicted octanol–water partition coefficient (Wildman–Crippen LogP) is 22.9. The van der Waals surface area contributed by atoms with Gasteiger partial charge in [-0.3, -0.25) is 15.0 Å². The van der Waals surface area contributed by atoms with E-state index in [0.717, 1.165) is 106 Å². The summed E-state index contributed by atoms with van der Waals surface area (Å²) in [7, 11) is -2.88. The second-order valence-corrected chi connectivity index (χ2v) is 35.2. The van der Waals surface area contributed by atoms with Crippen molar-refractivity contribution in [1.29, 1.82) is 0 Å². The fourth-order valence-corrected chi connectivity index (χ4v) is 21.7. The van der Waals surface area contributed by atoms with E-state index in [4.69, 9.17) is 24.7 Å². The fraction of sp³-hybridized carbons (Fsp3) is 0.0857. The molecule has 0 unspecified atom stereocenters. The molecule has 590 valence electrons. The molecule has 3 aliphatic rings. The van der Waals surface area contributed by atoms with Crippen molar-refractivity contribution in [2.45, 2.75) is 67.8 Å². The molecule has 9 heterocycles. The fourth-order valence-electron chi connectivity index (χ4n) is 16.6. The van der Waals surface area contributed by atoms with Gasteiger partial charge in [-0.05, 0) is 144 Å². The maximum absolute atomic E-state index is 5.87. The van der Waals surface area contributed by atoms with Crippen molar-refractivity contribution in [2.24, 2.45) is 0 Å². The summed E-state index contributed by atoms with van der Waals surface area (Å²) in [6.07, 6.45) is 5.41. The topological polar surface area (TPSA) is 96.3 Å². The number of ether oxygens (including phenoxy) is 1. The van der Waals surface area contributed by atoms with E-state index in [1.807, 2.05) is 128 Å². The molecule has 20 rings (SSSR count). The van der Waals surface area contributed by atoms with Crippen LogP contribution in [0.1, 0.15) is 74.9 Å². The van der Waals surface area contributed by atoms with E-state index in [0.29, 0.717) is 11.8 Å². The van der Waals surface area contributed by atoms with Crippen LogP contribution in [0.25, 0.3) is 33.8 Å². The molecular formula is C105H79N9OPt3SSi. The van der Waals surface area contributed by atoms with Crippen molar-refractivity contribution in [2.75, 3.05) is 14.7 Å². The van der Waals surface area contributed by atoms with E-state index in [2.05, 4.69) is 333 Å². The van der Waals surface area contributed by atoms with Gasteiger partial charge in [-0.2, -0.15) is 72.8 Å². The van der Waals surface area contributed by atoms with Crippen molar-refractivity contribution in [1.82, 2.24) is 29.9 Å². The van der Waals surface area contributed by atoms with Crippen molar-refractivity contribution in [3.05, 3.63) is 440 Å². The van der Waals surface area contributed by atoms with Crippen LogP contribution in [-0.4, -0.2) is 38.0 Å². The second-order valence-electron chi connectivity index (χ2n) is 30.4. The maximum atomic E-state index is 5.87. The molecular weight excluding hydrogens is 2050 g/mol.